The van der Waals surface area contributed by atoms with Crippen LogP contribution in [0.3, 0.4) is 0 Å². The van der Waals surface area contributed by atoms with E-state index in [2.05, 4.69) is 11.3 Å². The predicted molar refractivity (Wildman–Crippen MR) is 48.2 cm³/mol. The van der Waals surface area contributed by atoms with Crippen LogP contribution in [-0.2, 0) is 14.5 Å². The van der Waals surface area contributed by atoms with Crippen LogP contribution < -0.4 is 5.26 Å². The van der Waals surface area contributed by atoms with Crippen molar-refractivity contribution >= 4 is 10.1 Å². The van der Waals surface area contributed by atoms with Crippen LogP contribution in [0.1, 0.15) is 45.4 Å². The molecule has 0 rings (SSSR count). The minimum absolute atomic E-state index is 0.150. The van der Waals surface area contributed by atoms with E-state index in [9.17, 15) is 13.7 Å². The Kier molecular flexibility index (Phi) is 7.22. The second-order valence-corrected chi connectivity index (χ2v) is 4.76. The van der Waals surface area contributed by atoms with Gasteiger partial charge in [0.15, 0.2) is 0 Å². The van der Waals surface area contributed by atoms with Gasteiger partial charge in [-0.2, -0.15) is 0 Å². The smallest absolute Gasteiger partial charge is 0.258 e. The van der Waals surface area contributed by atoms with Crippen molar-refractivity contribution in [3.63, 3.8) is 0 Å². The Morgan fingerprint density at radius 2 is 1.62 bits per heavy atom. The highest BCUT2D eigenvalue weighted by molar-refractivity contribution is 7.86. The second kappa shape index (κ2) is 7.29. The Balaban J connectivity index is 3.26. The topological polar surface area (TPSA) is 66.4 Å². The summed E-state index contributed by atoms with van der Waals surface area (Å²) in [5.74, 6) is -0.150. The van der Waals surface area contributed by atoms with Crippen LogP contribution in [0.25, 0.3) is 0 Å². The molecule has 0 aromatic rings. The zero-order valence-corrected chi connectivity index (χ0v) is 8.81. The van der Waals surface area contributed by atoms with Crippen molar-refractivity contribution in [2.75, 3.05) is 5.75 Å². The third kappa shape index (κ3) is 8.21. The average molecular weight is 209 g/mol. The molecule has 0 fully saturated rings. The monoisotopic (exact) mass is 209 g/mol. The van der Waals surface area contributed by atoms with E-state index in [4.69, 9.17) is 0 Å². The van der Waals surface area contributed by atoms with Gasteiger partial charge in [-0.15, -0.1) is 0 Å². The van der Waals surface area contributed by atoms with E-state index >= 15 is 0 Å². The van der Waals surface area contributed by atoms with Gasteiger partial charge in [0.2, 0.25) is 0 Å². The highest BCUT2D eigenvalue weighted by atomic mass is 32.2. The lowest BCUT2D eigenvalue weighted by Crippen LogP contribution is -2.17. The van der Waals surface area contributed by atoms with Gasteiger partial charge in [0, 0.05) is 0 Å². The largest absolute Gasteiger partial charge is 0.707 e. The molecule has 0 heterocycles. The van der Waals surface area contributed by atoms with E-state index in [0.29, 0.717) is 6.42 Å². The van der Waals surface area contributed by atoms with Gasteiger partial charge in [-0.3, -0.25) is 0 Å². The fourth-order valence-electron chi connectivity index (χ4n) is 1.09. The summed E-state index contributed by atoms with van der Waals surface area (Å²) in [7, 11) is -3.77. The zero-order valence-electron chi connectivity index (χ0n) is 7.99. The van der Waals surface area contributed by atoms with Crippen LogP contribution >= 0.6 is 0 Å². The molecule has 0 bridgehead atoms. The summed E-state index contributed by atoms with van der Waals surface area (Å²) in [4.78, 5) is 0. The molecule has 13 heavy (non-hydrogen) atoms. The van der Waals surface area contributed by atoms with E-state index in [1.807, 2.05) is 0 Å². The molecule has 0 radical (unpaired) electrons. The van der Waals surface area contributed by atoms with E-state index in [1.165, 1.54) is 12.8 Å². The Labute approximate surface area is 80.0 Å². The quantitative estimate of drug-likeness (QED) is 0.339. The lowest BCUT2D eigenvalue weighted by molar-refractivity contribution is -0.634. The molecule has 0 aromatic carbocycles. The molecule has 80 valence electrons. The van der Waals surface area contributed by atoms with Crippen molar-refractivity contribution in [1.82, 2.24) is 0 Å². The molecule has 0 N–H and O–H groups in total. The lowest BCUT2D eigenvalue weighted by atomic mass is 10.1. The van der Waals surface area contributed by atoms with Gasteiger partial charge < -0.3 is 9.59 Å². The molecule has 0 unspecified atom stereocenters. The number of hydrogen-bond donors (Lipinski definition) is 0. The molecule has 4 nitrogen and oxygen atoms in total. The Morgan fingerprint density at radius 1 is 1.08 bits per heavy atom. The molecular formula is C8H17O4S-. The van der Waals surface area contributed by atoms with Gasteiger partial charge >= 0.3 is 0 Å². The first-order valence-corrected chi connectivity index (χ1v) is 6.24. The van der Waals surface area contributed by atoms with Gasteiger partial charge in [-0.25, -0.2) is 8.42 Å². The molecule has 0 aromatic heterocycles. The Hall–Kier alpha value is -0.130. The fraction of sp³-hybridized carbons (Fsp3) is 1.00. The molecule has 0 saturated heterocycles. The van der Waals surface area contributed by atoms with Crippen LogP contribution in [0.4, 0.5) is 0 Å². The maximum absolute atomic E-state index is 10.6. The molecule has 0 aliphatic rings. The molecule has 0 saturated carbocycles. The molecule has 5 heteroatoms. The number of rotatable bonds is 8. The maximum atomic E-state index is 10.6. The first kappa shape index (κ1) is 12.9. The van der Waals surface area contributed by atoms with Crippen molar-refractivity contribution in [3.8, 4) is 0 Å². The average Bonchev–Trinajstić information content (AvgIpc) is 2.11. The summed E-state index contributed by atoms with van der Waals surface area (Å²) < 4.78 is 24.2. The van der Waals surface area contributed by atoms with Crippen LogP contribution in [0.2, 0.25) is 0 Å². The zero-order chi connectivity index (χ0) is 10.2. The summed E-state index contributed by atoms with van der Waals surface area (Å²) in [5, 5.41) is 9.63. The summed E-state index contributed by atoms with van der Waals surface area (Å²) in [6, 6.07) is 0. The third-order valence-electron chi connectivity index (χ3n) is 1.85. The van der Waals surface area contributed by atoms with Crippen LogP contribution in [0.15, 0.2) is 0 Å². The van der Waals surface area contributed by atoms with Crippen molar-refractivity contribution in [3.05, 3.63) is 0 Å². The fourth-order valence-corrected chi connectivity index (χ4v) is 1.72. The Bertz CT molecular complexity index is 198. The molecule has 0 spiro atoms. The van der Waals surface area contributed by atoms with E-state index < -0.39 is 10.1 Å². The van der Waals surface area contributed by atoms with Gasteiger partial charge in [0.05, 0.1) is 5.75 Å². The van der Waals surface area contributed by atoms with Crippen LogP contribution in [-0.4, -0.2) is 14.2 Å². The molecule has 0 amide bonds. The van der Waals surface area contributed by atoms with Crippen molar-refractivity contribution in [2.24, 2.45) is 0 Å². The molecule has 0 atom stereocenters. The van der Waals surface area contributed by atoms with Gasteiger partial charge in [0.1, 0.15) is 0 Å². The SMILES string of the molecule is CCCCCCCCS(=O)(=O)O[O-]. The highest BCUT2D eigenvalue weighted by Crippen LogP contribution is 2.06. The third-order valence-corrected chi connectivity index (χ3v) is 2.85. The van der Waals surface area contributed by atoms with Crippen molar-refractivity contribution in [1.29, 1.82) is 0 Å². The van der Waals surface area contributed by atoms with E-state index in [1.54, 1.807) is 0 Å². The standard InChI is InChI=1S/C8H18O4S/c1-2-3-4-5-6-7-8-13(10,11)12-9/h9H,2-8H2,1H3/p-1. The Morgan fingerprint density at radius 3 is 2.15 bits per heavy atom. The normalized spacial score (nSPS) is 11.8. The summed E-state index contributed by atoms with van der Waals surface area (Å²) in [6.45, 7) is 2.12. The minimum atomic E-state index is -3.77. The maximum Gasteiger partial charge on any atom is 0.258 e. The number of unbranched alkanes of at least 4 members (excludes halogenated alkanes) is 5. The minimum Gasteiger partial charge on any atom is -0.707 e. The summed E-state index contributed by atoms with van der Waals surface area (Å²) >= 11 is 0. The molecule has 0 aliphatic heterocycles. The van der Waals surface area contributed by atoms with Gasteiger partial charge in [-0.05, 0) is 6.42 Å². The van der Waals surface area contributed by atoms with E-state index in [-0.39, 0.29) is 5.75 Å². The van der Waals surface area contributed by atoms with Crippen molar-refractivity contribution < 1.29 is 18.0 Å². The summed E-state index contributed by atoms with van der Waals surface area (Å²) in [5.41, 5.74) is 0. The highest BCUT2D eigenvalue weighted by Gasteiger charge is 2.04. The first-order valence-electron chi connectivity index (χ1n) is 4.66. The summed E-state index contributed by atoms with van der Waals surface area (Å²) in [6.07, 6.45) is 5.89. The molecule has 0 aliphatic carbocycles. The second-order valence-electron chi connectivity index (χ2n) is 3.10. The van der Waals surface area contributed by atoms with Gasteiger partial charge in [0.25, 0.3) is 10.1 Å². The number of hydrogen-bond acceptors (Lipinski definition) is 4. The van der Waals surface area contributed by atoms with E-state index in [0.717, 1.165) is 19.3 Å². The lowest BCUT2D eigenvalue weighted by Gasteiger charge is -2.06. The first-order chi connectivity index (χ1) is 6.12. The molecular weight excluding hydrogens is 192 g/mol. The van der Waals surface area contributed by atoms with Crippen molar-refractivity contribution in [2.45, 2.75) is 45.4 Å². The van der Waals surface area contributed by atoms with Gasteiger partial charge in [-0.1, -0.05) is 39.0 Å². The predicted octanol–water partition coefficient (Wildman–Crippen LogP) is 0.969. The van der Waals surface area contributed by atoms with Crippen LogP contribution in [0.5, 0.6) is 0 Å². The van der Waals surface area contributed by atoms with Crippen LogP contribution in [0, 0.1) is 0 Å².